The van der Waals surface area contributed by atoms with Crippen LogP contribution in [0, 0.1) is 5.92 Å². The van der Waals surface area contributed by atoms with Crippen LogP contribution in [0.25, 0.3) is 0 Å². The van der Waals surface area contributed by atoms with Gasteiger partial charge in [0.05, 0.1) is 6.04 Å². The maximum atomic E-state index is 6.04. The predicted octanol–water partition coefficient (Wildman–Crippen LogP) is 2.78. The van der Waals surface area contributed by atoms with E-state index in [0.29, 0.717) is 17.6 Å². The second kappa shape index (κ2) is 6.29. The molecule has 0 amide bonds. The number of hydrogen-bond donors (Lipinski definition) is 1. The summed E-state index contributed by atoms with van der Waals surface area (Å²) in [5.41, 5.74) is 5.58. The number of hydrogen-bond acceptors (Lipinski definition) is 5. The molecule has 0 bridgehead atoms. The van der Waals surface area contributed by atoms with Crippen LogP contribution >= 0.6 is 0 Å². The van der Waals surface area contributed by atoms with Gasteiger partial charge in [-0.15, -0.1) is 0 Å². The van der Waals surface area contributed by atoms with E-state index in [9.17, 15) is 0 Å². The maximum Gasteiger partial charge on any atom is 0.243 e. The Bertz CT molecular complexity index is 351. The van der Waals surface area contributed by atoms with E-state index >= 15 is 0 Å². The third-order valence-electron chi connectivity index (χ3n) is 3.42. The molecule has 1 rings (SSSR count). The van der Waals surface area contributed by atoms with Crippen molar-refractivity contribution in [1.29, 1.82) is 0 Å². The van der Waals surface area contributed by atoms with Gasteiger partial charge in [0.2, 0.25) is 11.7 Å². The fourth-order valence-corrected chi connectivity index (χ4v) is 2.13. The SMILES string of the molecule is CCC(CC)(OC)c1noc(C(N)CC(C)C)n1. The minimum atomic E-state index is -0.459. The van der Waals surface area contributed by atoms with Crippen LogP contribution in [-0.4, -0.2) is 17.3 Å². The average Bonchev–Trinajstić information content (AvgIpc) is 2.81. The Hall–Kier alpha value is -0.940. The van der Waals surface area contributed by atoms with Gasteiger partial charge in [0.1, 0.15) is 5.60 Å². The summed E-state index contributed by atoms with van der Waals surface area (Å²) in [6.07, 6.45) is 2.44. The van der Waals surface area contributed by atoms with E-state index < -0.39 is 5.60 Å². The van der Waals surface area contributed by atoms with Gasteiger partial charge < -0.3 is 15.0 Å². The van der Waals surface area contributed by atoms with Crippen molar-refractivity contribution >= 4 is 0 Å². The van der Waals surface area contributed by atoms with Crippen molar-refractivity contribution in [2.75, 3.05) is 7.11 Å². The second-order valence-corrected chi connectivity index (χ2v) is 5.10. The molecule has 0 aromatic carbocycles. The highest BCUT2D eigenvalue weighted by atomic mass is 16.5. The van der Waals surface area contributed by atoms with Crippen LogP contribution in [0.3, 0.4) is 0 Å². The van der Waals surface area contributed by atoms with Crippen molar-refractivity contribution in [3.8, 4) is 0 Å². The summed E-state index contributed by atoms with van der Waals surface area (Å²) in [5.74, 6) is 1.60. The number of methoxy groups -OCH3 is 1. The van der Waals surface area contributed by atoms with E-state index in [0.717, 1.165) is 19.3 Å². The second-order valence-electron chi connectivity index (χ2n) is 5.10. The van der Waals surface area contributed by atoms with E-state index in [1.54, 1.807) is 7.11 Å². The zero-order chi connectivity index (χ0) is 13.8. The molecule has 1 aromatic heterocycles. The molecule has 5 nitrogen and oxygen atoms in total. The summed E-state index contributed by atoms with van der Waals surface area (Å²) >= 11 is 0. The van der Waals surface area contributed by atoms with Gasteiger partial charge in [0.25, 0.3) is 0 Å². The van der Waals surface area contributed by atoms with Crippen LogP contribution in [-0.2, 0) is 10.3 Å². The number of nitrogens with two attached hydrogens (primary N) is 1. The third kappa shape index (κ3) is 3.09. The normalized spacial score (nSPS) is 14.2. The van der Waals surface area contributed by atoms with Gasteiger partial charge in [-0.3, -0.25) is 0 Å². The molecule has 0 aliphatic heterocycles. The molecule has 104 valence electrons. The van der Waals surface area contributed by atoms with Gasteiger partial charge in [-0.05, 0) is 25.2 Å². The first-order chi connectivity index (χ1) is 8.49. The van der Waals surface area contributed by atoms with Crippen molar-refractivity contribution < 1.29 is 9.26 Å². The molecule has 0 saturated carbocycles. The first-order valence-electron chi connectivity index (χ1n) is 6.63. The predicted molar refractivity (Wildman–Crippen MR) is 70.0 cm³/mol. The Balaban J connectivity index is 2.91. The number of ether oxygens (including phenoxy) is 1. The smallest absolute Gasteiger partial charge is 0.243 e. The van der Waals surface area contributed by atoms with E-state index in [1.807, 2.05) is 0 Å². The van der Waals surface area contributed by atoms with Crippen molar-refractivity contribution in [1.82, 2.24) is 10.1 Å². The molecule has 2 N–H and O–H groups in total. The molecule has 0 aliphatic carbocycles. The molecule has 18 heavy (non-hydrogen) atoms. The summed E-state index contributed by atoms with van der Waals surface area (Å²) < 4.78 is 10.8. The molecule has 0 spiro atoms. The van der Waals surface area contributed by atoms with Crippen LogP contribution in [0.15, 0.2) is 4.52 Å². The molecule has 0 saturated heterocycles. The van der Waals surface area contributed by atoms with Crippen molar-refractivity contribution in [2.45, 2.75) is 58.6 Å². The fourth-order valence-electron chi connectivity index (χ4n) is 2.13. The Morgan fingerprint density at radius 3 is 2.39 bits per heavy atom. The summed E-state index contributed by atoms with van der Waals surface area (Å²) in [6, 6.07) is -0.200. The highest BCUT2D eigenvalue weighted by Gasteiger charge is 2.34. The van der Waals surface area contributed by atoms with Gasteiger partial charge in [-0.2, -0.15) is 4.98 Å². The maximum absolute atomic E-state index is 6.04. The van der Waals surface area contributed by atoms with E-state index in [4.69, 9.17) is 15.0 Å². The number of aromatic nitrogens is 2. The zero-order valence-corrected chi connectivity index (χ0v) is 12.1. The Kier molecular flexibility index (Phi) is 5.28. The van der Waals surface area contributed by atoms with Crippen LogP contribution in [0.1, 0.15) is 64.7 Å². The van der Waals surface area contributed by atoms with Crippen LogP contribution in [0.2, 0.25) is 0 Å². The first kappa shape index (κ1) is 15.1. The van der Waals surface area contributed by atoms with Gasteiger partial charge in [0, 0.05) is 7.11 Å². The monoisotopic (exact) mass is 255 g/mol. The lowest BCUT2D eigenvalue weighted by Gasteiger charge is -2.25. The molecule has 0 radical (unpaired) electrons. The van der Waals surface area contributed by atoms with Gasteiger partial charge in [0.15, 0.2) is 0 Å². The zero-order valence-electron chi connectivity index (χ0n) is 12.1. The highest BCUT2D eigenvalue weighted by Crippen LogP contribution is 2.31. The van der Waals surface area contributed by atoms with Crippen molar-refractivity contribution in [3.05, 3.63) is 11.7 Å². The molecule has 1 aromatic rings. The Morgan fingerprint density at radius 1 is 1.33 bits per heavy atom. The molecule has 1 atom stereocenters. The fraction of sp³-hybridized carbons (Fsp3) is 0.846. The Labute approximate surface area is 109 Å². The summed E-state index contributed by atoms with van der Waals surface area (Å²) in [6.45, 7) is 8.34. The summed E-state index contributed by atoms with van der Waals surface area (Å²) in [7, 11) is 1.68. The molecule has 0 aliphatic rings. The quantitative estimate of drug-likeness (QED) is 0.811. The Morgan fingerprint density at radius 2 is 1.94 bits per heavy atom. The number of rotatable bonds is 7. The number of nitrogens with zero attached hydrogens (tertiary/aromatic N) is 2. The van der Waals surface area contributed by atoms with Crippen LogP contribution in [0.4, 0.5) is 0 Å². The molecular formula is C13H25N3O2. The van der Waals surface area contributed by atoms with Gasteiger partial charge >= 0.3 is 0 Å². The third-order valence-corrected chi connectivity index (χ3v) is 3.42. The van der Waals surface area contributed by atoms with E-state index in [2.05, 4.69) is 37.8 Å². The van der Waals surface area contributed by atoms with Crippen molar-refractivity contribution in [2.24, 2.45) is 11.7 Å². The highest BCUT2D eigenvalue weighted by molar-refractivity contribution is 5.02. The first-order valence-corrected chi connectivity index (χ1v) is 6.63. The van der Waals surface area contributed by atoms with Crippen LogP contribution < -0.4 is 5.73 Å². The van der Waals surface area contributed by atoms with E-state index in [-0.39, 0.29) is 6.04 Å². The lowest BCUT2D eigenvalue weighted by Crippen LogP contribution is -2.28. The lowest BCUT2D eigenvalue weighted by molar-refractivity contribution is -0.0306. The molecule has 1 unspecified atom stereocenters. The van der Waals surface area contributed by atoms with E-state index in [1.165, 1.54) is 0 Å². The topological polar surface area (TPSA) is 74.2 Å². The molecule has 5 heteroatoms. The molecule has 0 fully saturated rings. The van der Waals surface area contributed by atoms with Gasteiger partial charge in [-0.1, -0.05) is 32.9 Å². The summed E-state index contributed by atoms with van der Waals surface area (Å²) in [5, 5.41) is 4.04. The minimum absolute atomic E-state index is 0.200. The van der Waals surface area contributed by atoms with Crippen molar-refractivity contribution in [3.63, 3.8) is 0 Å². The minimum Gasteiger partial charge on any atom is -0.370 e. The average molecular weight is 255 g/mol. The largest absolute Gasteiger partial charge is 0.370 e. The summed E-state index contributed by atoms with van der Waals surface area (Å²) in [4.78, 5) is 4.42. The standard InChI is InChI=1S/C13H25N3O2/c1-6-13(7-2,17-5)12-15-11(18-16-12)10(14)8-9(3)4/h9-10H,6-8,14H2,1-5H3. The molecular weight excluding hydrogens is 230 g/mol. The van der Waals surface area contributed by atoms with Gasteiger partial charge in [-0.25, -0.2) is 0 Å². The lowest BCUT2D eigenvalue weighted by atomic mass is 9.96. The molecule has 1 heterocycles. The van der Waals surface area contributed by atoms with Crippen LogP contribution in [0.5, 0.6) is 0 Å².